The Balaban J connectivity index is 2.54. The molecular weight excluding hydrogens is 246 g/mol. The van der Waals surface area contributed by atoms with Gasteiger partial charge < -0.3 is 5.32 Å². The van der Waals surface area contributed by atoms with E-state index in [0.717, 1.165) is 6.54 Å². The normalized spacial score (nSPS) is 11.6. The minimum absolute atomic E-state index is 0.0288. The number of hydrogen-bond donors (Lipinski definition) is 1. The number of rotatable bonds is 6. The Kier molecular flexibility index (Phi) is 4.94. The number of nitrogens with one attached hydrogen (secondary N) is 1. The lowest BCUT2D eigenvalue weighted by atomic mass is 9.80. The van der Waals surface area contributed by atoms with Crippen molar-refractivity contribution in [1.82, 2.24) is 5.32 Å². The Morgan fingerprint density at radius 2 is 1.37 bits per heavy atom. The zero-order valence-corrected chi connectivity index (χ0v) is 13.9. The van der Waals surface area contributed by atoms with E-state index >= 15 is 0 Å². The summed E-state index contributed by atoms with van der Waals surface area (Å²) >= 11 is 0. The van der Waals surface area contributed by atoms with E-state index in [0.29, 0.717) is 0 Å². The third kappa shape index (κ3) is 2.96. The van der Waals surface area contributed by atoms with E-state index in [1.807, 2.05) is 0 Å². The summed E-state index contributed by atoms with van der Waals surface area (Å²) in [6.07, 6.45) is 1.17. The highest BCUT2D eigenvalue weighted by atomic mass is 28.1. The predicted molar refractivity (Wildman–Crippen MR) is 86.7 cm³/mol. The first-order valence-electron chi connectivity index (χ1n) is 7.19. The van der Waals surface area contributed by atoms with E-state index in [-0.39, 0.29) is 5.54 Å². The molecule has 0 aliphatic carbocycles. The summed E-state index contributed by atoms with van der Waals surface area (Å²) in [5.41, 5.74) is 2.72. The summed E-state index contributed by atoms with van der Waals surface area (Å²) < 4.78 is 0. The zero-order chi connectivity index (χ0) is 13.6. The molecule has 0 spiro atoms. The van der Waals surface area contributed by atoms with Crippen LogP contribution >= 0.6 is 0 Å². The van der Waals surface area contributed by atoms with Gasteiger partial charge in [0.05, 0.1) is 5.54 Å². The topological polar surface area (TPSA) is 12.0 Å². The molecule has 0 saturated heterocycles. The lowest BCUT2D eigenvalue weighted by Gasteiger charge is -2.36. The lowest BCUT2D eigenvalue weighted by molar-refractivity contribution is 0.398. The fourth-order valence-corrected chi connectivity index (χ4v) is 3.62. The van der Waals surface area contributed by atoms with Crippen LogP contribution in [0.1, 0.15) is 24.5 Å². The highest BCUT2D eigenvalue weighted by molar-refractivity contribution is 6.08. The van der Waals surface area contributed by atoms with Crippen LogP contribution in [0, 0.1) is 0 Å². The summed E-state index contributed by atoms with van der Waals surface area (Å²) in [6, 6.07) is 23.0. The highest BCUT2D eigenvalue weighted by Gasteiger charge is 2.31. The van der Waals surface area contributed by atoms with E-state index in [1.165, 1.54) is 33.8 Å². The van der Waals surface area contributed by atoms with Crippen LogP contribution in [0.15, 0.2) is 60.7 Å². The van der Waals surface area contributed by atoms with Gasteiger partial charge in [0.1, 0.15) is 0 Å². The Hall–Kier alpha value is -1.38. The first kappa shape index (κ1) is 14.0. The summed E-state index contributed by atoms with van der Waals surface area (Å²) in [6.45, 7) is 3.17. The van der Waals surface area contributed by atoms with E-state index in [1.54, 1.807) is 0 Å². The maximum atomic E-state index is 3.75. The zero-order valence-electron chi connectivity index (χ0n) is 11.9. The fraction of sp³-hybridized carbons (Fsp3) is 0.294. The highest BCUT2D eigenvalue weighted by Crippen LogP contribution is 2.33. The molecule has 0 saturated carbocycles. The van der Waals surface area contributed by atoms with Gasteiger partial charge in [0.2, 0.25) is 0 Å². The van der Waals surface area contributed by atoms with Crippen molar-refractivity contribution >= 4 is 10.2 Å². The van der Waals surface area contributed by atoms with Crippen molar-refractivity contribution in [3.05, 3.63) is 71.8 Å². The first-order valence-corrected chi connectivity index (χ1v) is 8.61. The molecule has 0 unspecified atom stereocenters. The van der Waals surface area contributed by atoms with Gasteiger partial charge in [0, 0.05) is 10.2 Å². The van der Waals surface area contributed by atoms with Gasteiger partial charge in [0.15, 0.2) is 0 Å². The molecule has 0 amide bonds. The molecule has 19 heavy (non-hydrogen) atoms. The average Bonchev–Trinajstić information content (AvgIpc) is 2.49. The number of benzene rings is 2. The Bertz CT molecular complexity index is 434. The third-order valence-corrected chi connectivity index (χ3v) is 4.14. The van der Waals surface area contributed by atoms with Gasteiger partial charge in [-0.25, -0.2) is 0 Å². The second-order valence-corrected chi connectivity index (χ2v) is 5.92. The van der Waals surface area contributed by atoms with Crippen LogP contribution < -0.4 is 5.32 Å². The second-order valence-electron chi connectivity index (χ2n) is 4.92. The molecule has 0 radical (unpaired) electrons. The molecule has 1 nitrogen and oxygen atoms in total. The van der Waals surface area contributed by atoms with Crippen molar-refractivity contribution in [1.29, 1.82) is 0 Å². The molecule has 2 heteroatoms. The van der Waals surface area contributed by atoms with Crippen molar-refractivity contribution in [2.45, 2.75) is 24.9 Å². The van der Waals surface area contributed by atoms with Crippen LogP contribution in [-0.2, 0) is 5.54 Å². The molecule has 0 aliphatic rings. The Labute approximate surface area is 119 Å². The van der Waals surface area contributed by atoms with E-state index < -0.39 is 0 Å². The van der Waals surface area contributed by atoms with Gasteiger partial charge in [-0.05, 0) is 24.1 Å². The molecule has 0 fully saturated rings. The standard InChI is InChI=1S/C17H23NSi/c1-2-18-17(13-14-19,15-9-5-3-6-10-15)16-11-7-4-8-12-16/h3-12,18H,2,13-14H2,1,19H3. The first-order chi connectivity index (χ1) is 9.33. The average molecular weight is 269 g/mol. The molecule has 0 aliphatic heterocycles. The van der Waals surface area contributed by atoms with Gasteiger partial charge in [-0.3, -0.25) is 0 Å². The largest absolute Gasteiger partial charge is 0.304 e. The maximum Gasteiger partial charge on any atom is 0.0687 e. The second kappa shape index (κ2) is 6.69. The molecule has 0 heterocycles. The molecule has 2 aromatic carbocycles. The van der Waals surface area contributed by atoms with E-state index in [4.69, 9.17) is 0 Å². The Morgan fingerprint density at radius 3 is 1.74 bits per heavy atom. The molecule has 0 bridgehead atoms. The third-order valence-electron chi connectivity index (χ3n) is 3.64. The molecule has 0 aromatic heterocycles. The van der Waals surface area contributed by atoms with Crippen molar-refractivity contribution in [3.8, 4) is 0 Å². The quantitative estimate of drug-likeness (QED) is 0.795. The number of hydrogen-bond acceptors (Lipinski definition) is 1. The monoisotopic (exact) mass is 269 g/mol. The van der Waals surface area contributed by atoms with Crippen molar-refractivity contribution in [3.63, 3.8) is 0 Å². The minimum atomic E-state index is -0.0288. The molecule has 2 aromatic rings. The Morgan fingerprint density at radius 1 is 0.895 bits per heavy atom. The predicted octanol–water partition coefficient (Wildman–Crippen LogP) is 2.71. The van der Waals surface area contributed by atoms with Crippen molar-refractivity contribution < 1.29 is 0 Å². The van der Waals surface area contributed by atoms with Crippen LogP contribution in [0.25, 0.3) is 0 Å². The molecule has 1 N–H and O–H groups in total. The van der Waals surface area contributed by atoms with Crippen LogP contribution in [0.4, 0.5) is 0 Å². The van der Waals surface area contributed by atoms with Gasteiger partial charge >= 0.3 is 0 Å². The summed E-state index contributed by atoms with van der Waals surface area (Å²) in [5.74, 6) is 0. The van der Waals surface area contributed by atoms with E-state index in [2.05, 4.69) is 72.9 Å². The van der Waals surface area contributed by atoms with Crippen LogP contribution in [0.3, 0.4) is 0 Å². The van der Waals surface area contributed by atoms with Crippen LogP contribution in [-0.4, -0.2) is 16.8 Å². The molecule has 100 valence electrons. The smallest absolute Gasteiger partial charge is 0.0687 e. The fourth-order valence-electron chi connectivity index (χ4n) is 2.87. The molecule has 2 rings (SSSR count). The summed E-state index contributed by atoms with van der Waals surface area (Å²) in [7, 11) is 1.24. The van der Waals surface area contributed by atoms with Crippen LogP contribution in [0.2, 0.25) is 6.04 Å². The van der Waals surface area contributed by atoms with Crippen LogP contribution in [0.5, 0.6) is 0 Å². The maximum absolute atomic E-state index is 3.75. The van der Waals surface area contributed by atoms with Crippen molar-refractivity contribution in [2.24, 2.45) is 0 Å². The summed E-state index contributed by atoms with van der Waals surface area (Å²) in [4.78, 5) is 0. The minimum Gasteiger partial charge on any atom is -0.304 e. The van der Waals surface area contributed by atoms with Gasteiger partial charge in [-0.15, -0.1) is 0 Å². The SMILES string of the molecule is CCNC(CC[SiH3])(c1ccccc1)c1ccccc1. The van der Waals surface area contributed by atoms with Crippen molar-refractivity contribution in [2.75, 3.05) is 6.54 Å². The summed E-state index contributed by atoms with van der Waals surface area (Å²) in [5, 5.41) is 3.75. The van der Waals surface area contributed by atoms with Gasteiger partial charge in [-0.2, -0.15) is 0 Å². The molecule has 0 atom stereocenters. The van der Waals surface area contributed by atoms with E-state index in [9.17, 15) is 0 Å². The van der Waals surface area contributed by atoms with Gasteiger partial charge in [0.25, 0.3) is 0 Å². The van der Waals surface area contributed by atoms with Gasteiger partial charge in [-0.1, -0.05) is 73.6 Å². The lowest BCUT2D eigenvalue weighted by Crippen LogP contribution is -2.43. The molecular formula is C17H23NSi.